The molecule has 0 fully saturated rings. The van der Waals surface area contributed by atoms with E-state index in [9.17, 15) is 19.2 Å². The second-order valence-electron chi connectivity index (χ2n) is 8.81. The average molecular weight is 502 g/mol. The maximum atomic E-state index is 13.3. The van der Waals surface area contributed by atoms with Crippen LogP contribution in [0.1, 0.15) is 36.6 Å². The van der Waals surface area contributed by atoms with Gasteiger partial charge in [-0.05, 0) is 22.6 Å². The highest BCUT2D eigenvalue weighted by Crippen LogP contribution is 2.15. The largest absolute Gasteiger partial charge is 0.445 e. The molecule has 8 nitrogen and oxygen atoms in total. The molecule has 3 aromatic carbocycles. The van der Waals surface area contributed by atoms with Crippen molar-refractivity contribution in [3.05, 3.63) is 108 Å². The minimum atomic E-state index is -1.13. The van der Waals surface area contributed by atoms with Crippen LogP contribution in [-0.2, 0) is 32.3 Å². The van der Waals surface area contributed by atoms with Crippen molar-refractivity contribution in [3.8, 4) is 0 Å². The fraction of sp³-hybridized carbons (Fsp3) is 0.241. The molecule has 8 heteroatoms. The monoisotopic (exact) mass is 501 g/mol. The SMILES string of the molecule is CC(C)[C@H](NC(=O)[C@@H](NC(=O)OCc1ccccc1)c1ccccc1)C(=O)C(=O)NCc1ccccc1. The predicted octanol–water partition coefficient (Wildman–Crippen LogP) is 3.68. The molecule has 3 N–H and O–H groups in total. The zero-order valence-electron chi connectivity index (χ0n) is 20.8. The van der Waals surface area contributed by atoms with E-state index in [1.54, 1.807) is 44.2 Å². The van der Waals surface area contributed by atoms with Crippen molar-refractivity contribution in [3.63, 3.8) is 0 Å². The molecule has 0 spiro atoms. The lowest BCUT2D eigenvalue weighted by molar-refractivity contribution is -0.141. The number of carbonyl (C=O) groups excluding carboxylic acids is 4. The first kappa shape index (κ1) is 27.1. The van der Waals surface area contributed by atoms with Crippen LogP contribution in [-0.4, -0.2) is 29.7 Å². The molecule has 0 aromatic heterocycles. The summed E-state index contributed by atoms with van der Waals surface area (Å²) >= 11 is 0. The lowest BCUT2D eigenvalue weighted by Gasteiger charge is -2.25. The number of ketones is 1. The van der Waals surface area contributed by atoms with Crippen molar-refractivity contribution in [2.45, 2.75) is 39.1 Å². The number of hydrogen-bond acceptors (Lipinski definition) is 5. The van der Waals surface area contributed by atoms with Gasteiger partial charge in [0.15, 0.2) is 0 Å². The molecule has 3 rings (SSSR count). The highest BCUT2D eigenvalue weighted by atomic mass is 16.5. The van der Waals surface area contributed by atoms with Gasteiger partial charge >= 0.3 is 6.09 Å². The first-order valence-corrected chi connectivity index (χ1v) is 12.0. The molecule has 0 aliphatic heterocycles. The van der Waals surface area contributed by atoms with Gasteiger partial charge in [-0.1, -0.05) is 105 Å². The molecule has 0 aliphatic carbocycles. The van der Waals surface area contributed by atoms with Crippen LogP contribution in [0.2, 0.25) is 0 Å². The van der Waals surface area contributed by atoms with E-state index in [-0.39, 0.29) is 19.1 Å². The summed E-state index contributed by atoms with van der Waals surface area (Å²) in [5, 5.41) is 7.83. The summed E-state index contributed by atoms with van der Waals surface area (Å²) in [5.74, 6) is -2.57. The second-order valence-corrected chi connectivity index (χ2v) is 8.81. The van der Waals surface area contributed by atoms with Crippen LogP contribution in [0, 0.1) is 5.92 Å². The van der Waals surface area contributed by atoms with Crippen LogP contribution in [0.5, 0.6) is 0 Å². The van der Waals surface area contributed by atoms with Gasteiger partial charge in [-0.2, -0.15) is 0 Å². The molecule has 0 bridgehead atoms. The molecule has 0 heterocycles. The third-order valence-electron chi connectivity index (χ3n) is 5.64. The summed E-state index contributed by atoms with van der Waals surface area (Å²) in [6, 6.07) is 24.7. The molecule has 37 heavy (non-hydrogen) atoms. The number of nitrogens with one attached hydrogen (secondary N) is 3. The smallest absolute Gasteiger partial charge is 0.408 e. The highest BCUT2D eigenvalue weighted by molar-refractivity contribution is 6.38. The Hall–Kier alpha value is -4.46. The van der Waals surface area contributed by atoms with Gasteiger partial charge in [0.05, 0.1) is 6.04 Å². The second kappa shape index (κ2) is 13.6. The standard InChI is InChI=1S/C29H31N3O5/c1-20(2)24(26(33)28(35)30-18-21-12-6-3-7-13-21)31-27(34)25(23-16-10-5-11-17-23)32-29(36)37-19-22-14-8-4-9-15-22/h3-17,20,24-25H,18-19H2,1-2H3,(H,30,35)(H,31,34)(H,32,36)/t24-,25-/m0/s1. The van der Waals surface area contributed by atoms with Crippen LogP contribution in [0.4, 0.5) is 4.79 Å². The van der Waals surface area contributed by atoms with Gasteiger partial charge in [-0.15, -0.1) is 0 Å². The number of alkyl carbamates (subject to hydrolysis) is 1. The van der Waals surface area contributed by atoms with Crippen molar-refractivity contribution in [1.82, 2.24) is 16.0 Å². The lowest BCUT2D eigenvalue weighted by Crippen LogP contribution is -2.53. The molecular formula is C29H31N3O5. The minimum absolute atomic E-state index is 0.0322. The summed E-state index contributed by atoms with van der Waals surface area (Å²) in [7, 11) is 0. The Balaban J connectivity index is 1.67. The molecule has 3 aromatic rings. The van der Waals surface area contributed by atoms with E-state index >= 15 is 0 Å². The molecule has 0 aliphatic rings. The van der Waals surface area contributed by atoms with E-state index in [1.165, 1.54) is 0 Å². The normalized spacial score (nSPS) is 12.2. The molecule has 0 saturated heterocycles. The molecule has 3 amide bonds. The van der Waals surface area contributed by atoms with E-state index in [4.69, 9.17) is 4.74 Å². The summed E-state index contributed by atoms with van der Waals surface area (Å²) in [4.78, 5) is 51.4. The molecule has 2 atom stereocenters. The molecule has 0 radical (unpaired) electrons. The Bertz CT molecular complexity index is 1180. The fourth-order valence-corrected chi connectivity index (χ4v) is 3.61. The molecule has 0 unspecified atom stereocenters. The number of amides is 3. The van der Waals surface area contributed by atoms with E-state index in [0.717, 1.165) is 11.1 Å². The summed E-state index contributed by atoms with van der Waals surface area (Å²) in [6.45, 7) is 3.68. The van der Waals surface area contributed by atoms with Gasteiger partial charge in [0.1, 0.15) is 12.6 Å². The zero-order chi connectivity index (χ0) is 26.6. The summed E-state index contributed by atoms with van der Waals surface area (Å²) < 4.78 is 5.28. The van der Waals surface area contributed by atoms with Gasteiger partial charge in [0, 0.05) is 6.54 Å². The van der Waals surface area contributed by atoms with Crippen molar-refractivity contribution in [2.75, 3.05) is 0 Å². The number of benzene rings is 3. The molecule has 0 saturated carbocycles. The van der Waals surface area contributed by atoms with E-state index in [0.29, 0.717) is 5.56 Å². The summed E-state index contributed by atoms with van der Waals surface area (Å²) in [6.07, 6.45) is -0.791. The van der Waals surface area contributed by atoms with Gasteiger partial charge in [-0.25, -0.2) is 4.79 Å². The predicted molar refractivity (Wildman–Crippen MR) is 139 cm³/mol. The van der Waals surface area contributed by atoms with E-state index in [2.05, 4.69) is 16.0 Å². The number of ether oxygens (including phenoxy) is 1. The zero-order valence-corrected chi connectivity index (χ0v) is 20.8. The van der Waals surface area contributed by atoms with Crippen LogP contribution in [0.3, 0.4) is 0 Å². The Kier molecular flexibility index (Phi) is 9.96. The summed E-state index contributed by atoms with van der Waals surface area (Å²) in [5.41, 5.74) is 2.14. The van der Waals surface area contributed by atoms with Gasteiger partial charge in [0.25, 0.3) is 5.91 Å². The average Bonchev–Trinajstić information content (AvgIpc) is 2.93. The maximum Gasteiger partial charge on any atom is 0.408 e. The third kappa shape index (κ3) is 8.31. The van der Waals surface area contributed by atoms with E-state index < -0.39 is 35.8 Å². The Labute approximate surface area is 216 Å². The lowest BCUT2D eigenvalue weighted by atomic mass is 9.97. The highest BCUT2D eigenvalue weighted by Gasteiger charge is 2.33. The number of hydrogen-bond donors (Lipinski definition) is 3. The van der Waals surface area contributed by atoms with Gasteiger partial charge < -0.3 is 20.7 Å². The molecule has 192 valence electrons. The Morgan fingerprint density at radius 1 is 0.730 bits per heavy atom. The van der Waals surface area contributed by atoms with Gasteiger partial charge in [0.2, 0.25) is 11.7 Å². The van der Waals surface area contributed by atoms with Crippen LogP contribution in [0.15, 0.2) is 91.0 Å². The topological polar surface area (TPSA) is 114 Å². The van der Waals surface area contributed by atoms with Crippen molar-refractivity contribution in [1.29, 1.82) is 0 Å². The first-order valence-electron chi connectivity index (χ1n) is 12.0. The maximum absolute atomic E-state index is 13.3. The third-order valence-corrected chi connectivity index (χ3v) is 5.64. The Morgan fingerprint density at radius 3 is 1.84 bits per heavy atom. The van der Waals surface area contributed by atoms with Gasteiger partial charge in [-0.3, -0.25) is 14.4 Å². The van der Waals surface area contributed by atoms with Crippen LogP contribution in [0.25, 0.3) is 0 Å². The van der Waals surface area contributed by atoms with Crippen molar-refractivity contribution < 1.29 is 23.9 Å². The first-order chi connectivity index (χ1) is 17.8. The molecular weight excluding hydrogens is 470 g/mol. The van der Waals surface area contributed by atoms with Crippen molar-refractivity contribution in [2.24, 2.45) is 5.92 Å². The van der Waals surface area contributed by atoms with Crippen LogP contribution >= 0.6 is 0 Å². The number of rotatable bonds is 11. The van der Waals surface area contributed by atoms with Crippen LogP contribution < -0.4 is 16.0 Å². The fourth-order valence-electron chi connectivity index (χ4n) is 3.61. The quantitative estimate of drug-likeness (QED) is 0.347. The Morgan fingerprint density at radius 2 is 1.27 bits per heavy atom. The van der Waals surface area contributed by atoms with Crippen molar-refractivity contribution >= 4 is 23.7 Å². The minimum Gasteiger partial charge on any atom is -0.445 e. The number of Topliss-reactive ketones (excluding diaryl/α,β-unsaturated/α-hetero) is 1. The number of carbonyl (C=O) groups is 4. The van der Waals surface area contributed by atoms with E-state index in [1.807, 2.05) is 60.7 Å².